The van der Waals surface area contributed by atoms with Crippen molar-refractivity contribution in [2.75, 3.05) is 20.3 Å². The molecule has 0 fully saturated rings. The molecule has 134 valence electrons. The molecule has 2 aromatic rings. The van der Waals surface area contributed by atoms with Crippen LogP contribution in [0.2, 0.25) is 5.02 Å². The van der Waals surface area contributed by atoms with Gasteiger partial charge in [0, 0.05) is 0 Å². The maximum absolute atomic E-state index is 12.0. The molecule has 0 heterocycles. The minimum Gasteiger partial charge on any atom is -0.490 e. The van der Waals surface area contributed by atoms with E-state index in [1.807, 2.05) is 31.2 Å². The van der Waals surface area contributed by atoms with Gasteiger partial charge in [0.15, 0.2) is 0 Å². The van der Waals surface area contributed by atoms with Crippen LogP contribution >= 0.6 is 11.6 Å². The second-order valence-electron chi connectivity index (χ2n) is 5.15. The Labute approximate surface area is 151 Å². The van der Waals surface area contributed by atoms with Crippen molar-refractivity contribution >= 4 is 27.6 Å². The van der Waals surface area contributed by atoms with Crippen molar-refractivity contribution in [3.63, 3.8) is 0 Å². The Kier molecular flexibility index (Phi) is 6.41. The van der Waals surface area contributed by atoms with E-state index in [9.17, 15) is 13.2 Å². The maximum atomic E-state index is 12.0. The van der Waals surface area contributed by atoms with Gasteiger partial charge in [0.05, 0.1) is 10.6 Å². The highest BCUT2D eigenvalue weighted by atomic mass is 35.5. The Bertz CT molecular complexity index is 850. The molecular formula is C17H18ClNO5S. The first-order chi connectivity index (χ1) is 11.8. The zero-order valence-corrected chi connectivity index (χ0v) is 15.4. The summed E-state index contributed by atoms with van der Waals surface area (Å²) in [6.45, 7) is 2.19. The summed E-state index contributed by atoms with van der Waals surface area (Å²) in [6, 6.07) is 11.4. The predicted octanol–water partition coefficient (Wildman–Crippen LogP) is 2.79. The Hall–Kier alpha value is -2.09. The average Bonchev–Trinajstić information content (AvgIpc) is 2.60. The predicted molar refractivity (Wildman–Crippen MR) is 94.7 cm³/mol. The van der Waals surface area contributed by atoms with Gasteiger partial charge in [-0.25, -0.2) is 17.9 Å². The number of esters is 1. The van der Waals surface area contributed by atoms with E-state index in [0.29, 0.717) is 5.75 Å². The van der Waals surface area contributed by atoms with Crippen LogP contribution in [-0.2, 0) is 14.8 Å². The summed E-state index contributed by atoms with van der Waals surface area (Å²) in [4.78, 5) is 11.9. The number of benzene rings is 2. The molecule has 0 aliphatic heterocycles. The summed E-state index contributed by atoms with van der Waals surface area (Å²) in [6.07, 6.45) is 0. The van der Waals surface area contributed by atoms with Crippen LogP contribution in [0.15, 0.2) is 47.4 Å². The number of rotatable bonds is 7. The number of aryl methyl sites for hydroxylation is 1. The van der Waals surface area contributed by atoms with Crippen molar-refractivity contribution < 1.29 is 22.7 Å². The highest BCUT2D eigenvalue weighted by molar-refractivity contribution is 7.89. The first kappa shape index (κ1) is 19.2. The molecule has 8 heteroatoms. The number of carbonyl (C=O) groups excluding carboxylic acids is 1. The molecule has 0 aliphatic rings. The molecule has 0 radical (unpaired) electrons. The Morgan fingerprint density at radius 1 is 1.12 bits per heavy atom. The smallest absolute Gasteiger partial charge is 0.338 e. The van der Waals surface area contributed by atoms with Gasteiger partial charge in [-0.2, -0.15) is 0 Å². The molecule has 0 saturated heterocycles. The summed E-state index contributed by atoms with van der Waals surface area (Å²) in [7, 11) is -2.50. The fourth-order valence-electron chi connectivity index (χ4n) is 1.96. The van der Waals surface area contributed by atoms with Gasteiger partial charge >= 0.3 is 5.97 Å². The van der Waals surface area contributed by atoms with E-state index in [2.05, 4.69) is 4.72 Å². The quantitative estimate of drug-likeness (QED) is 0.587. The van der Waals surface area contributed by atoms with Gasteiger partial charge in [-0.15, -0.1) is 0 Å². The first-order valence-electron chi connectivity index (χ1n) is 7.43. The normalized spacial score (nSPS) is 11.2. The van der Waals surface area contributed by atoms with E-state index in [-0.39, 0.29) is 28.7 Å². The van der Waals surface area contributed by atoms with Gasteiger partial charge in [-0.05, 0) is 44.3 Å². The third-order valence-corrected chi connectivity index (χ3v) is 5.23. The number of sulfonamides is 1. The van der Waals surface area contributed by atoms with Crippen LogP contribution in [0.1, 0.15) is 15.9 Å². The monoisotopic (exact) mass is 383 g/mol. The zero-order valence-electron chi connectivity index (χ0n) is 13.8. The van der Waals surface area contributed by atoms with E-state index >= 15 is 0 Å². The van der Waals surface area contributed by atoms with Crippen LogP contribution in [0.25, 0.3) is 0 Å². The van der Waals surface area contributed by atoms with Crippen molar-refractivity contribution in [2.45, 2.75) is 11.8 Å². The summed E-state index contributed by atoms with van der Waals surface area (Å²) in [5.41, 5.74) is 1.21. The number of hydrogen-bond acceptors (Lipinski definition) is 5. The third kappa shape index (κ3) is 5.19. The van der Waals surface area contributed by atoms with Crippen LogP contribution in [0.3, 0.4) is 0 Å². The van der Waals surface area contributed by atoms with Crippen molar-refractivity contribution in [3.8, 4) is 5.75 Å². The lowest BCUT2D eigenvalue weighted by molar-refractivity contribution is 0.0450. The molecule has 25 heavy (non-hydrogen) atoms. The van der Waals surface area contributed by atoms with Crippen LogP contribution in [0, 0.1) is 6.92 Å². The maximum Gasteiger partial charge on any atom is 0.338 e. The van der Waals surface area contributed by atoms with Gasteiger partial charge < -0.3 is 9.47 Å². The van der Waals surface area contributed by atoms with Crippen molar-refractivity contribution in [2.24, 2.45) is 0 Å². The molecule has 0 saturated carbocycles. The van der Waals surface area contributed by atoms with E-state index in [1.54, 1.807) is 0 Å². The second-order valence-corrected chi connectivity index (χ2v) is 7.41. The average molecular weight is 384 g/mol. The van der Waals surface area contributed by atoms with Gasteiger partial charge in [-0.1, -0.05) is 29.3 Å². The van der Waals surface area contributed by atoms with Gasteiger partial charge in [0.2, 0.25) is 10.0 Å². The van der Waals surface area contributed by atoms with Crippen molar-refractivity contribution in [1.29, 1.82) is 0 Å². The Morgan fingerprint density at radius 3 is 2.44 bits per heavy atom. The van der Waals surface area contributed by atoms with E-state index < -0.39 is 16.0 Å². The molecule has 0 spiro atoms. The molecule has 0 aromatic heterocycles. The Morgan fingerprint density at radius 2 is 1.80 bits per heavy atom. The Balaban J connectivity index is 1.95. The SMILES string of the molecule is CNS(=O)(=O)c1cc(C(=O)OCCOc2ccc(C)cc2)ccc1Cl. The first-order valence-corrected chi connectivity index (χ1v) is 9.29. The topological polar surface area (TPSA) is 81.7 Å². The minimum absolute atomic E-state index is 0.0219. The fourth-order valence-corrected chi connectivity index (χ4v) is 3.21. The van der Waals surface area contributed by atoms with Crippen LogP contribution in [-0.4, -0.2) is 34.6 Å². The highest BCUT2D eigenvalue weighted by Gasteiger charge is 2.19. The molecule has 0 amide bonds. The van der Waals surface area contributed by atoms with E-state index in [1.165, 1.54) is 25.2 Å². The summed E-state index contributed by atoms with van der Waals surface area (Å²) in [5, 5.41) is 0.0219. The molecule has 0 bridgehead atoms. The summed E-state index contributed by atoms with van der Waals surface area (Å²) in [5.74, 6) is 0.0206. The van der Waals surface area contributed by atoms with E-state index in [4.69, 9.17) is 21.1 Å². The lowest BCUT2D eigenvalue weighted by Crippen LogP contribution is -2.20. The third-order valence-electron chi connectivity index (χ3n) is 3.33. The molecule has 0 unspecified atom stereocenters. The summed E-state index contributed by atoms with van der Waals surface area (Å²) >= 11 is 5.88. The van der Waals surface area contributed by atoms with Gasteiger partial charge in [0.1, 0.15) is 23.9 Å². The van der Waals surface area contributed by atoms with E-state index in [0.717, 1.165) is 5.56 Å². The van der Waals surface area contributed by atoms with Crippen molar-refractivity contribution in [3.05, 3.63) is 58.6 Å². The zero-order chi connectivity index (χ0) is 18.4. The number of carbonyl (C=O) groups is 1. The standard InChI is InChI=1S/C17H18ClNO5S/c1-12-3-6-14(7-4-12)23-9-10-24-17(20)13-5-8-15(18)16(11-13)25(21,22)19-2/h3-8,11,19H,9-10H2,1-2H3. The highest BCUT2D eigenvalue weighted by Crippen LogP contribution is 2.22. The molecule has 6 nitrogen and oxygen atoms in total. The second kappa shape index (κ2) is 8.33. The van der Waals surface area contributed by atoms with Crippen molar-refractivity contribution in [1.82, 2.24) is 4.72 Å². The van der Waals surface area contributed by atoms with Gasteiger partial charge in [-0.3, -0.25) is 0 Å². The number of ether oxygens (including phenoxy) is 2. The molecule has 0 aliphatic carbocycles. The number of nitrogens with one attached hydrogen (secondary N) is 1. The lowest BCUT2D eigenvalue weighted by atomic mass is 10.2. The number of halogens is 1. The van der Waals surface area contributed by atoms with Gasteiger partial charge in [0.25, 0.3) is 0 Å². The minimum atomic E-state index is -3.76. The fraction of sp³-hybridized carbons (Fsp3) is 0.235. The molecule has 2 rings (SSSR count). The molecule has 1 N–H and O–H groups in total. The van der Waals surface area contributed by atoms with Crippen LogP contribution in [0.4, 0.5) is 0 Å². The number of hydrogen-bond donors (Lipinski definition) is 1. The summed E-state index contributed by atoms with van der Waals surface area (Å²) < 4.78 is 36.4. The molecule has 0 atom stereocenters. The molecule has 2 aromatic carbocycles. The molecular weight excluding hydrogens is 366 g/mol. The van der Waals surface area contributed by atoms with Crippen LogP contribution < -0.4 is 9.46 Å². The lowest BCUT2D eigenvalue weighted by Gasteiger charge is -2.09. The van der Waals surface area contributed by atoms with Crippen LogP contribution in [0.5, 0.6) is 5.75 Å². The largest absolute Gasteiger partial charge is 0.490 e.